The monoisotopic (exact) mass is 242 g/mol. The number of nitrogens with one attached hydrogen (secondary N) is 2. The number of carbonyl (C=O) groups is 1. The van der Waals surface area contributed by atoms with Crippen LogP contribution in [0.4, 0.5) is 0 Å². The summed E-state index contributed by atoms with van der Waals surface area (Å²) in [6.07, 6.45) is 4.09. The smallest absolute Gasteiger partial charge is 0.237 e. The molecule has 1 amide bonds. The van der Waals surface area contributed by atoms with Gasteiger partial charge in [0.25, 0.3) is 0 Å². The van der Waals surface area contributed by atoms with Gasteiger partial charge in [-0.05, 0) is 46.6 Å². The number of carbonyl (C=O) groups excluding carboxylic acids is 1. The molecule has 1 aliphatic heterocycles. The van der Waals surface area contributed by atoms with Gasteiger partial charge in [0.15, 0.2) is 0 Å². The van der Waals surface area contributed by atoms with Crippen LogP contribution in [-0.4, -0.2) is 37.2 Å². The van der Waals surface area contributed by atoms with Crippen molar-refractivity contribution in [3.63, 3.8) is 0 Å². The van der Waals surface area contributed by atoms with Crippen LogP contribution in [0.2, 0.25) is 0 Å². The van der Waals surface area contributed by atoms with Gasteiger partial charge in [-0.3, -0.25) is 4.79 Å². The predicted octanol–water partition coefficient (Wildman–Crippen LogP) is 1.45. The van der Waals surface area contributed by atoms with Crippen molar-refractivity contribution in [1.82, 2.24) is 10.6 Å². The van der Waals surface area contributed by atoms with Gasteiger partial charge >= 0.3 is 0 Å². The maximum absolute atomic E-state index is 12.0. The Hall–Kier alpha value is -0.610. The molecule has 2 N–H and O–H groups in total. The number of hydrogen-bond donors (Lipinski definition) is 2. The van der Waals surface area contributed by atoms with E-state index in [4.69, 9.17) is 4.74 Å². The first-order valence-electron chi connectivity index (χ1n) is 6.53. The summed E-state index contributed by atoms with van der Waals surface area (Å²) in [5.74, 6) is 0.129. The highest BCUT2D eigenvalue weighted by molar-refractivity contribution is 5.82. The van der Waals surface area contributed by atoms with E-state index in [1.165, 1.54) is 6.42 Å². The maximum Gasteiger partial charge on any atom is 0.237 e. The minimum atomic E-state index is -0.188. The lowest BCUT2D eigenvalue weighted by Crippen LogP contribution is -2.50. The minimum absolute atomic E-state index is 0.00291. The van der Waals surface area contributed by atoms with Gasteiger partial charge in [0, 0.05) is 13.2 Å². The molecule has 0 aromatic rings. The molecule has 4 nitrogen and oxygen atoms in total. The lowest BCUT2D eigenvalue weighted by molar-refractivity contribution is -0.124. The normalized spacial score (nSPS) is 23.2. The second kappa shape index (κ2) is 6.36. The molecular formula is C13H26N2O2. The summed E-state index contributed by atoms with van der Waals surface area (Å²) in [6, 6.07) is 0.137. The SMILES string of the molecule is COC(C)(C)CC(C)NC(=O)C1CCCCN1. The summed E-state index contributed by atoms with van der Waals surface area (Å²) in [7, 11) is 1.71. The summed E-state index contributed by atoms with van der Waals surface area (Å²) in [5.41, 5.74) is -0.188. The van der Waals surface area contributed by atoms with E-state index in [2.05, 4.69) is 10.6 Å². The van der Waals surface area contributed by atoms with E-state index in [-0.39, 0.29) is 23.6 Å². The molecule has 0 aromatic heterocycles. The number of hydrogen-bond acceptors (Lipinski definition) is 3. The molecular weight excluding hydrogens is 216 g/mol. The van der Waals surface area contributed by atoms with Crippen LogP contribution < -0.4 is 10.6 Å². The number of amides is 1. The minimum Gasteiger partial charge on any atom is -0.379 e. The Morgan fingerprint density at radius 1 is 1.53 bits per heavy atom. The molecule has 0 saturated carbocycles. The first-order chi connectivity index (χ1) is 7.94. The van der Waals surface area contributed by atoms with Gasteiger partial charge in [-0.15, -0.1) is 0 Å². The van der Waals surface area contributed by atoms with Gasteiger partial charge in [0.1, 0.15) is 0 Å². The number of rotatable bonds is 5. The molecule has 1 saturated heterocycles. The summed E-state index contributed by atoms with van der Waals surface area (Å²) in [4.78, 5) is 12.0. The number of piperidine rings is 1. The van der Waals surface area contributed by atoms with Crippen LogP contribution in [0, 0.1) is 0 Å². The average molecular weight is 242 g/mol. The van der Waals surface area contributed by atoms with Crippen LogP contribution in [0.25, 0.3) is 0 Å². The molecule has 2 unspecified atom stereocenters. The Labute approximate surface area is 104 Å². The number of methoxy groups -OCH3 is 1. The van der Waals surface area contributed by atoms with Gasteiger partial charge in [-0.2, -0.15) is 0 Å². The van der Waals surface area contributed by atoms with Crippen LogP contribution in [0.3, 0.4) is 0 Å². The molecule has 1 fully saturated rings. The predicted molar refractivity (Wildman–Crippen MR) is 69.0 cm³/mol. The zero-order chi connectivity index (χ0) is 12.9. The summed E-state index contributed by atoms with van der Waals surface area (Å²) in [5, 5.41) is 6.32. The molecule has 0 aliphatic carbocycles. The van der Waals surface area contributed by atoms with E-state index in [0.717, 1.165) is 25.8 Å². The van der Waals surface area contributed by atoms with Crippen molar-refractivity contribution in [2.45, 2.75) is 64.1 Å². The highest BCUT2D eigenvalue weighted by Crippen LogP contribution is 2.15. The number of ether oxygens (including phenoxy) is 1. The van der Waals surface area contributed by atoms with E-state index in [1.807, 2.05) is 20.8 Å². The van der Waals surface area contributed by atoms with Gasteiger partial charge in [-0.1, -0.05) is 6.42 Å². The first-order valence-corrected chi connectivity index (χ1v) is 6.53. The quantitative estimate of drug-likeness (QED) is 0.767. The molecule has 2 atom stereocenters. The van der Waals surface area contributed by atoms with Crippen LogP contribution in [0.15, 0.2) is 0 Å². The van der Waals surface area contributed by atoms with Crippen molar-refractivity contribution >= 4 is 5.91 Å². The lowest BCUT2D eigenvalue weighted by Gasteiger charge is -2.29. The Morgan fingerprint density at radius 2 is 2.24 bits per heavy atom. The molecule has 0 bridgehead atoms. The molecule has 0 spiro atoms. The van der Waals surface area contributed by atoms with E-state index in [0.29, 0.717) is 0 Å². The van der Waals surface area contributed by atoms with E-state index in [1.54, 1.807) is 7.11 Å². The lowest BCUT2D eigenvalue weighted by atomic mass is 9.99. The highest BCUT2D eigenvalue weighted by Gasteiger charge is 2.25. The molecule has 1 heterocycles. The fourth-order valence-electron chi connectivity index (χ4n) is 2.29. The molecule has 1 aliphatic rings. The van der Waals surface area contributed by atoms with E-state index < -0.39 is 0 Å². The third kappa shape index (κ3) is 5.04. The maximum atomic E-state index is 12.0. The molecule has 0 radical (unpaired) electrons. The second-order valence-corrected chi connectivity index (χ2v) is 5.58. The Bertz CT molecular complexity index is 248. The summed E-state index contributed by atoms with van der Waals surface area (Å²) < 4.78 is 5.37. The molecule has 17 heavy (non-hydrogen) atoms. The summed E-state index contributed by atoms with van der Waals surface area (Å²) >= 11 is 0. The molecule has 100 valence electrons. The van der Waals surface area contributed by atoms with Gasteiger partial charge in [0.05, 0.1) is 11.6 Å². The van der Waals surface area contributed by atoms with E-state index >= 15 is 0 Å². The van der Waals surface area contributed by atoms with Crippen LogP contribution in [0.1, 0.15) is 46.5 Å². The van der Waals surface area contributed by atoms with Crippen molar-refractivity contribution in [3.8, 4) is 0 Å². The molecule has 0 aromatic carbocycles. The van der Waals surface area contributed by atoms with Crippen molar-refractivity contribution in [3.05, 3.63) is 0 Å². The van der Waals surface area contributed by atoms with Crippen LogP contribution in [-0.2, 0) is 9.53 Å². The van der Waals surface area contributed by atoms with Crippen molar-refractivity contribution < 1.29 is 9.53 Å². The molecule has 4 heteroatoms. The Kier molecular flexibility index (Phi) is 5.40. The Morgan fingerprint density at radius 3 is 2.76 bits per heavy atom. The van der Waals surface area contributed by atoms with Crippen molar-refractivity contribution in [1.29, 1.82) is 0 Å². The van der Waals surface area contributed by atoms with Gasteiger partial charge < -0.3 is 15.4 Å². The second-order valence-electron chi connectivity index (χ2n) is 5.58. The summed E-state index contributed by atoms with van der Waals surface area (Å²) in [6.45, 7) is 7.06. The third-order valence-electron chi connectivity index (χ3n) is 3.37. The van der Waals surface area contributed by atoms with Crippen molar-refractivity contribution in [2.24, 2.45) is 0 Å². The van der Waals surface area contributed by atoms with Gasteiger partial charge in [0.2, 0.25) is 5.91 Å². The Balaban J connectivity index is 2.34. The fraction of sp³-hybridized carbons (Fsp3) is 0.923. The fourth-order valence-corrected chi connectivity index (χ4v) is 2.29. The van der Waals surface area contributed by atoms with Gasteiger partial charge in [-0.25, -0.2) is 0 Å². The molecule has 1 rings (SSSR count). The topological polar surface area (TPSA) is 50.4 Å². The highest BCUT2D eigenvalue weighted by atomic mass is 16.5. The standard InChI is InChI=1S/C13H26N2O2/c1-10(9-13(2,3)17-4)15-12(16)11-7-5-6-8-14-11/h10-11,14H,5-9H2,1-4H3,(H,15,16). The van der Waals surface area contributed by atoms with Crippen molar-refractivity contribution in [2.75, 3.05) is 13.7 Å². The van der Waals surface area contributed by atoms with Crippen LogP contribution in [0.5, 0.6) is 0 Å². The zero-order valence-electron chi connectivity index (χ0n) is 11.5. The third-order valence-corrected chi connectivity index (χ3v) is 3.37. The zero-order valence-corrected chi connectivity index (χ0v) is 11.5. The van der Waals surface area contributed by atoms with Crippen LogP contribution >= 0.6 is 0 Å². The largest absolute Gasteiger partial charge is 0.379 e. The first kappa shape index (κ1) is 14.5. The van der Waals surface area contributed by atoms with E-state index in [9.17, 15) is 4.79 Å². The average Bonchev–Trinajstić information content (AvgIpc) is 2.29.